The van der Waals surface area contributed by atoms with Crippen molar-refractivity contribution < 1.29 is 13.2 Å². The first-order valence-corrected chi connectivity index (χ1v) is 12.9. The maximum atomic E-state index is 12.7. The third-order valence-electron chi connectivity index (χ3n) is 5.60. The fraction of sp³-hybridized carbons (Fsp3) is 0.524. The zero-order valence-electron chi connectivity index (χ0n) is 17.4. The SMILES string of the molecule is CC1CC(C)CN(Cc2csc(NC(=O)c3cccc(N4CCCS4(=O)=O)c3)n2)C1. The summed E-state index contributed by atoms with van der Waals surface area (Å²) in [5.41, 5.74) is 1.92. The Hall–Kier alpha value is -1.97. The van der Waals surface area contributed by atoms with E-state index in [1.807, 2.05) is 5.38 Å². The van der Waals surface area contributed by atoms with E-state index in [1.165, 1.54) is 22.1 Å². The van der Waals surface area contributed by atoms with E-state index in [2.05, 4.69) is 29.0 Å². The molecule has 1 amide bonds. The van der Waals surface area contributed by atoms with Gasteiger partial charge in [0.2, 0.25) is 10.0 Å². The number of nitrogens with zero attached hydrogens (tertiary/aromatic N) is 3. The van der Waals surface area contributed by atoms with E-state index in [1.54, 1.807) is 24.3 Å². The van der Waals surface area contributed by atoms with Crippen molar-refractivity contribution in [2.24, 2.45) is 11.8 Å². The summed E-state index contributed by atoms with van der Waals surface area (Å²) in [7, 11) is -3.27. The van der Waals surface area contributed by atoms with Crippen LogP contribution in [0.3, 0.4) is 0 Å². The zero-order chi connectivity index (χ0) is 21.3. The van der Waals surface area contributed by atoms with Crippen molar-refractivity contribution >= 4 is 38.1 Å². The Morgan fingerprint density at radius 3 is 2.73 bits per heavy atom. The maximum absolute atomic E-state index is 12.7. The number of piperidine rings is 1. The minimum atomic E-state index is -3.27. The van der Waals surface area contributed by atoms with Crippen LogP contribution in [0.15, 0.2) is 29.6 Å². The molecule has 9 heteroatoms. The molecule has 0 radical (unpaired) electrons. The summed E-state index contributed by atoms with van der Waals surface area (Å²) in [5, 5.41) is 5.41. The molecule has 0 bridgehead atoms. The zero-order valence-corrected chi connectivity index (χ0v) is 19.0. The van der Waals surface area contributed by atoms with Crippen LogP contribution in [0, 0.1) is 11.8 Å². The molecule has 3 heterocycles. The molecular weight excluding hydrogens is 420 g/mol. The predicted octanol–water partition coefficient (Wildman–Crippen LogP) is 3.41. The second-order valence-electron chi connectivity index (χ2n) is 8.53. The first-order valence-electron chi connectivity index (χ1n) is 10.4. The Labute approximate surface area is 182 Å². The van der Waals surface area contributed by atoms with E-state index in [0.29, 0.717) is 41.2 Å². The molecule has 2 unspecified atom stereocenters. The van der Waals surface area contributed by atoms with Gasteiger partial charge >= 0.3 is 0 Å². The lowest BCUT2D eigenvalue weighted by Gasteiger charge is -2.34. The van der Waals surface area contributed by atoms with Gasteiger partial charge in [0.25, 0.3) is 5.91 Å². The number of hydrogen-bond acceptors (Lipinski definition) is 6. The van der Waals surface area contributed by atoms with E-state index in [0.717, 1.165) is 25.3 Å². The van der Waals surface area contributed by atoms with Gasteiger partial charge < -0.3 is 0 Å². The number of thiazole rings is 1. The maximum Gasteiger partial charge on any atom is 0.257 e. The van der Waals surface area contributed by atoms with Gasteiger partial charge in [-0.3, -0.25) is 19.3 Å². The molecule has 0 aliphatic carbocycles. The van der Waals surface area contributed by atoms with Gasteiger partial charge in [0.15, 0.2) is 5.13 Å². The highest BCUT2D eigenvalue weighted by Crippen LogP contribution is 2.26. The lowest BCUT2D eigenvalue weighted by molar-refractivity contribution is 0.102. The fourth-order valence-electron chi connectivity index (χ4n) is 4.49. The van der Waals surface area contributed by atoms with Crippen molar-refractivity contribution in [2.45, 2.75) is 33.2 Å². The monoisotopic (exact) mass is 448 g/mol. The van der Waals surface area contributed by atoms with Crippen LogP contribution in [0.4, 0.5) is 10.8 Å². The van der Waals surface area contributed by atoms with Gasteiger partial charge in [0.05, 0.1) is 17.1 Å². The number of aromatic nitrogens is 1. The largest absolute Gasteiger partial charge is 0.298 e. The van der Waals surface area contributed by atoms with Gasteiger partial charge in [-0.2, -0.15) is 0 Å². The first kappa shape index (κ1) is 21.3. The highest BCUT2D eigenvalue weighted by molar-refractivity contribution is 7.93. The van der Waals surface area contributed by atoms with Gasteiger partial charge in [-0.15, -0.1) is 11.3 Å². The number of sulfonamides is 1. The summed E-state index contributed by atoms with van der Waals surface area (Å²) < 4.78 is 25.7. The molecule has 0 spiro atoms. The summed E-state index contributed by atoms with van der Waals surface area (Å²) in [4.78, 5) is 19.7. The average Bonchev–Trinajstić information content (AvgIpc) is 3.26. The van der Waals surface area contributed by atoms with Crippen molar-refractivity contribution in [3.63, 3.8) is 0 Å². The molecule has 0 saturated carbocycles. The number of benzene rings is 1. The molecule has 4 rings (SSSR count). The number of amides is 1. The Morgan fingerprint density at radius 1 is 1.27 bits per heavy atom. The molecule has 2 saturated heterocycles. The summed E-state index contributed by atoms with van der Waals surface area (Å²) in [6.45, 7) is 7.99. The van der Waals surface area contributed by atoms with Crippen molar-refractivity contribution in [1.82, 2.24) is 9.88 Å². The summed E-state index contributed by atoms with van der Waals surface area (Å²) >= 11 is 1.42. The molecule has 1 aromatic carbocycles. The van der Waals surface area contributed by atoms with Crippen LogP contribution >= 0.6 is 11.3 Å². The molecule has 1 N–H and O–H groups in total. The smallest absolute Gasteiger partial charge is 0.257 e. The van der Waals surface area contributed by atoms with Crippen LogP contribution in [-0.4, -0.2) is 49.6 Å². The van der Waals surface area contributed by atoms with E-state index in [-0.39, 0.29) is 11.7 Å². The van der Waals surface area contributed by atoms with Crippen LogP contribution in [0.2, 0.25) is 0 Å². The summed E-state index contributed by atoms with van der Waals surface area (Å²) in [6.07, 6.45) is 1.88. The number of carbonyl (C=O) groups is 1. The minimum absolute atomic E-state index is 0.153. The number of likely N-dealkylation sites (tertiary alicyclic amines) is 1. The number of nitrogens with one attached hydrogen (secondary N) is 1. The molecule has 2 aliphatic heterocycles. The third-order valence-corrected chi connectivity index (χ3v) is 8.27. The van der Waals surface area contributed by atoms with Crippen LogP contribution in [0.1, 0.15) is 42.7 Å². The van der Waals surface area contributed by atoms with Gasteiger partial charge in [0.1, 0.15) is 0 Å². The van der Waals surface area contributed by atoms with Gasteiger partial charge in [-0.25, -0.2) is 13.4 Å². The van der Waals surface area contributed by atoms with Crippen LogP contribution in [0.5, 0.6) is 0 Å². The predicted molar refractivity (Wildman–Crippen MR) is 120 cm³/mol. The second-order valence-corrected chi connectivity index (χ2v) is 11.4. The molecule has 2 aromatic rings. The average molecular weight is 449 g/mol. The van der Waals surface area contributed by atoms with Crippen molar-refractivity contribution in [3.8, 4) is 0 Å². The van der Waals surface area contributed by atoms with Crippen molar-refractivity contribution in [2.75, 3.05) is 35.0 Å². The number of hydrogen-bond donors (Lipinski definition) is 1. The van der Waals surface area contributed by atoms with Gasteiger partial charge in [-0.05, 0) is 42.9 Å². The van der Waals surface area contributed by atoms with Crippen LogP contribution in [0.25, 0.3) is 0 Å². The standard InChI is InChI=1S/C21H28N4O3S2/c1-15-9-16(2)12-24(11-15)13-18-14-29-21(22-18)23-20(26)17-5-3-6-19(10-17)25-7-4-8-30(25,27)28/h3,5-6,10,14-16H,4,7-9,11-13H2,1-2H3,(H,22,23,26). The van der Waals surface area contributed by atoms with Crippen molar-refractivity contribution in [3.05, 3.63) is 40.9 Å². The molecule has 2 atom stereocenters. The normalized spacial score (nSPS) is 24.1. The molecule has 1 aromatic heterocycles. The van der Waals surface area contributed by atoms with Gasteiger partial charge in [0, 0.05) is 37.1 Å². The number of anilines is 2. The van der Waals surface area contributed by atoms with E-state index in [9.17, 15) is 13.2 Å². The summed E-state index contributed by atoms with van der Waals surface area (Å²) in [6, 6.07) is 6.75. The topological polar surface area (TPSA) is 82.6 Å². The molecule has 2 aliphatic rings. The third kappa shape index (κ3) is 4.84. The molecule has 30 heavy (non-hydrogen) atoms. The van der Waals surface area contributed by atoms with E-state index < -0.39 is 10.0 Å². The fourth-order valence-corrected chi connectivity index (χ4v) is 6.74. The minimum Gasteiger partial charge on any atom is -0.298 e. The highest BCUT2D eigenvalue weighted by Gasteiger charge is 2.29. The number of carbonyl (C=O) groups excluding carboxylic acids is 1. The Bertz CT molecular complexity index is 1010. The Kier molecular flexibility index (Phi) is 6.13. The summed E-state index contributed by atoms with van der Waals surface area (Å²) in [5.74, 6) is 1.26. The second kappa shape index (κ2) is 8.64. The van der Waals surface area contributed by atoms with Crippen molar-refractivity contribution in [1.29, 1.82) is 0 Å². The Balaban J connectivity index is 1.41. The number of rotatable bonds is 5. The van der Waals surface area contributed by atoms with Gasteiger partial charge in [-0.1, -0.05) is 19.9 Å². The van der Waals surface area contributed by atoms with Crippen LogP contribution < -0.4 is 9.62 Å². The quantitative estimate of drug-likeness (QED) is 0.758. The highest BCUT2D eigenvalue weighted by atomic mass is 32.2. The molecule has 7 nitrogen and oxygen atoms in total. The first-order chi connectivity index (χ1) is 14.3. The molecule has 162 valence electrons. The van der Waals surface area contributed by atoms with E-state index in [4.69, 9.17) is 0 Å². The molecular formula is C21H28N4O3S2. The lowest BCUT2D eigenvalue weighted by Crippen LogP contribution is -2.38. The van der Waals surface area contributed by atoms with Crippen LogP contribution in [-0.2, 0) is 16.6 Å². The van der Waals surface area contributed by atoms with E-state index >= 15 is 0 Å². The lowest BCUT2D eigenvalue weighted by atomic mass is 9.92. The molecule has 2 fully saturated rings. The Morgan fingerprint density at radius 2 is 2.03 bits per heavy atom.